The van der Waals surface area contributed by atoms with Gasteiger partial charge in [-0.3, -0.25) is 4.79 Å². The molecule has 0 bridgehead atoms. The number of hydrogen-bond acceptors (Lipinski definition) is 3. The molecule has 4 heteroatoms. The average molecular weight is 305 g/mol. The van der Waals surface area contributed by atoms with Gasteiger partial charge in [0.05, 0.1) is 13.2 Å². The quantitative estimate of drug-likeness (QED) is 0.663. The van der Waals surface area contributed by atoms with E-state index < -0.39 is 0 Å². The number of thiophene rings is 1. The fraction of sp³-hybridized carbons (Fsp3) is 0.588. The van der Waals surface area contributed by atoms with E-state index in [4.69, 9.17) is 5.11 Å². The fourth-order valence-corrected chi connectivity index (χ4v) is 3.38. The highest BCUT2D eigenvalue weighted by molar-refractivity contribution is 7.10. The zero-order valence-corrected chi connectivity index (χ0v) is 13.2. The molecular formula is C17H23NO2S. The molecule has 1 saturated carbocycles. The number of carbonyl (C=O) groups excluding carboxylic acids is 1. The molecule has 3 nitrogen and oxygen atoms in total. The van der Waals surface area contributed by atoms with Crippen molar-refractivity contribution in [2.75, 3.05) is 6.61 Å². The van der Waals surface area contributed by atoms with Gasteiger partial charge < -0.3 is 10.4 Å². The predicted octanol–water partition coefficient (Wildman–Crippen LogP) is 3.07. The molecule has 1 aromatic rings. The van der Waals surface area contributed by atoms with Gasteiger partial charge in [0.1, 0.15) is 0 Å². The summed E-state index contributed by atoms with van der Waals surface area (Å²) >= 11 is 1.62. The molecule has 1 heterocycles. The molecule has 1 aliphatic carbocycles. The summed E-state index contributed by atoms with van der Waals surface area (Å²) in [6.07, 6.45) is 7.48. The number of aliphatic hydroxyl groups is 1. The van der Waals surface area contributed by atoms with Gasteiger partial charge in [0.2, 0.25) is 5.91 Å². The van der Waals surface area contributed by atoms with E-state index in [1.807, 2.05) is 11.4 Å². The third-order valence-electron chi connectivity index (χ3n) is 3.79. The number of amides is 1. The normalized spacial score (nSPS) is 15.9. The number of carbonyl (C=O) groups is 1. The summed E-state index contributed by atoms with van der Waals surface area (Å²) in [6.45, 7) is 0.698. The maximum absolute atomic E-state index is 12.2. The molecule has 2 rings (SSSR count). The van der Waals surface area contributed by atoms with Crippen LogP contribution in [0.1, 0.15) is 55.4 Å². The van der Waals surface area contributed by atoms with Crippen molar-refractivity contribution in [3.8, 4) is 11.8 Å². The van der Waals surface area contributed by atoms with Gasteiger partial charge >= 0.3 is 0 Å². The smallest absolute Gasteiger partial charge is 0.223 e. The van der Waals surface area contributed by atoms with Crippen LogP contribution in [-0.2, 0) is 11.3 Å². The minimum Gasteiger partial charge on any atom is -0.395 e. The second kappa shape index (κ2) is 8.86. The Labute approximate surface area is 130 Å². The largest absolute Gasteiger partial charge is 0.395 e. The van der Waals surface area contributed by atoms with Gasteiger partial charge in [-0.1, -0.05) is 37.5 Å². The van der Waals surface area contributed by atoms with Crippen LogP contribution in [-0.4, -0.2) is 17.6 Å². The SMILES string of the molecule is O=C(NCc1cc(C#CCCO)cs1)C1CCCCCC1. The fourth-order valence-electron chi connectivity index (χ4n) is 2.62. The number of nitrogens with one attached hydrogen (secondary N) is 1. The summed E-state index contributed by atoms with van der Waals surface area (Å²) < 4.78 is 0. The molecule has 1 aliphatic rings. The highest BCUT2D eigenvalue weighted by atomic mass is 32.1. The Hall–Kier alpha value is -1.31. The Bertz CT molecular complexity index is 504. The molecule has 0 unspecified atom stereocenters. The zero-order chi connectivity index (χ0) is 14.9. The third-order valence-corrected chi connectivity index (χ3v) is 4.72. The van der Waals surface area contributed by atoms with Crippen LogP contribution in [0.15, 0.2) is 11.4 Å². The van der Waals surface area contributed by atoms with E-state index in [1.54, 1.807) is 11.3 Å². The van der Waals surface area contributed by atoms with Gasteiger partial charge in [-0.15, -0.1) is 11.3 Å². The minimum absolute atomic E-state index is 0.0987. The Morgan fingerprint density at radius 3 is 2.81 bits per heavy atom. The van der Waals surface area contributed by atoms with Crippen LogP contribution in [0.2, 0.25) is 0 Å². The van der Waals surface area contributed by atoms with Gasteiger partial charge in [0.25, 0.3) is 0 Å². The first-order chi connectivity index (χ1) is 10.3. The van der Waals surface area contributed by atoms with Gasteiger partial charge in [0.15, 0.2) is 0 Å². The van der Waals surface area contributed by atoms with Crippen LogP contribution in [0.3, 0.4) is 0 Å². The average Bonchev–Trinajstić information content (AvgIpc) is 2.77. The van der Waals surface area contributed by atoms with Gasteiger partial charge in [-0.05, 0) is 18.9 Å². The molecule has 21 heavy (non-hydrogen) atoms. The molecule has 1 amide bonds. The summed E-state index contributed by atoms with van der Waals surface area (Å²) in [7, 11) is 0. The van der Waals surface area contributed by atoms with Crippen LogP contribution >= 0.6 is 11.3 Å². The number of aliphatic hydroxyl groups excluding tert-OH is 1. The Balaban J connectivity index is 1.79. The molecule has 0 aliphatic heterocycles. The standard InChI is InChI=1S/C17H23NO2S/c19-10-6-5-7-14-11-16(21-13-14)12-18-17(20)15-8-3-1-2-4-9-15/h11,13,15,19H,1-4,6,8-10,12H2,(H,18,20). The number of rotatable bonds is 4. The maximum Gasteiger partial charge on any atom is 0.223 e. The third kappa shape index (κ3) is 5.53. The zero-order valence-electron chi connectivity index (χ0n) is 12.4. The van der Waals surface area contributed by atoms with Gasteiger partial charge in [-0.25, -0.2) is 0 Å². The van der Waals surface area contributed by atoms with Crippen LogP contribution in [0.5, 0.6) is 0 Å². The molecule has 0 radical (unpaired) electrons. The van der Waals surface area contributed by atoms with Crippen molar-refractivity contribution in [3.05, 3.63) is 21.9 Å². The summed E-state index contributed by atoms with van der Waals surface area (Å²) in [4.78, 5) is 13.3. The molecule has 1 aromatic heterocycles. The topological polar surface area (TPSA) is 49.3 Å². The van der Waals surface area contributed by atoms with Crippen molar-refractivity contribution >= 4 is 17.2 Å². The summed E-state index contributed by atoms with van der Waals surface area (Å²) in [5.74, 6) is 6.33. The first kappa shape index (κ1) is 16.1. The second-order valence-corrected chi connectivity index (χ2v) is 6.48. The molecule has 0 aromatic carbocycles. The predicted molar refractivity (Wildman–Crippen MR) is 85.9 cm³/mol. The molecule has 1 fully saturated rings. The highest BCUT2D eigenvalue weighted by Gasteiger charge is 2.19. The van der Waals surface area contributed by atoms with Crippen LogP contribution in [0, 0.1) is 17.8 Å². The summed E-state index contributed by atoms with van der Waals surface area (Å²) in [5, 5.41) is 13.7. The lowest BCUT2D eigenvalue weighted by molar-refractivity contribution is -0.125. The Kier molecular flexibility index (Phi) is 6.78. The molecule has 0 atom stereocenters. The van der Waals surface area contributed by atoms with Crippen LogP contribution < -0.4 is 5.32 Å². The first-order valence-corrected chi connectivity index (χ1v) is 8.62. The Morgan fingerprint density at radius 2 is 2.10 bits per heavy atom. The minimum atomic E-state index is 0.0987. The van der Waals surface area contributed by atoms with E-state index in [2.05, 4.69) is 17.2 Å². The van der Waals surface area contributed by atoms with E-state index >= 15 is 0 Å². The van der Waals surface area contributed by atoms with Crippen LogP contribution in [0.25, 0.3) is 0 Å². The van der Waals surface area contributed by atoms with Crippen molar-refractivity contribution < 1.29 is 9.90 Å². The second-order valence-electron chi connectivity index (χ2n) is 5.48. The monoisotopic (exact) mass is 305 g/mol. The molecular weight excluding hydrogens is 282 g/mol. The lowest BCUT2D eigenvalue weighted by Crippen LogP contribution is -2.29. The van der Waals surface area contributed by atoms with E-state index in [0.29, 0.717) is 13.0 Å². The van der Waals surface area contributed by atoms with Crippen LogP contribution in [0.4, 0.5) is 0 Å². The van der Waals surface area contributed by atoms with E-state index in [9.17, 15) is 4.79 Å². The molecule has 0 spiro atoms. The van der Waals surface area contributed by atoms with E-state index in [0.717, 1.165) is 23.3 Å². The van der Waals surface area contributed by atoms with E-state index in [1.165, 1.54) is 25.7 Å². The molecule has 2 N–H and O–H groups in total. The van der Waals surface area contributed by atoms with Crippen molar-refractivity contribution in [2.24, 2.45) is 5.92 Å². The van der Waals surface area contributed by atoms with Crippen molar-refractivity contribution in [1.29, 1.82) is 0 Å². The van der Waals surface area contributed by atoms with Gasteiger partial charge in [-0.2, -0.15) is 0 Å². The van der Waals surface area contributed by atoms with Crippen molar-refractivity contribution in [2.45, 2.75) is 51.5 Å². The summed E-state index contributed by atoms with van der Waals surface area (Å²) in [6, 6.07) is 2.02. The van der Waals surface area contributed by atoms with E-state index in [-0.39, 0.29) is 18.4 Å². The van der Waals surface area contributed by atoms with Gasteiger partial charge in [0, 0.05) is 28.2 Å². The maximum atomic E-state index is 12.2. The first-order valence-electron chi connectivity index (χ1n) is 7.74. The van der Waals surface area contributed by atoms with Crippen molar-refractivity contribution in [3.63, 3.8) is 0 Å². The lowest BCUT2D eigenvalue weighted by Gasteiger charge is -2.13. The summed E-state index contributed by atoms with van der Waals surface area (Å²) in [5.41, 5.74) is 0.965. The Morgan fingerprint density at radius 1 is 1.33 bits per heavy atom. The number of hydrogen-bond donors (Lipinski definition) is 2. The molecule has 114 valence electrons. The molecule has 0 saturated heterocycles. The highest BCUT2D eigenvalue weighted by Crippen LogP contribution is 2.23. The lowest BCUT2D eigenvalue weighted by atomic mass is 9.99. The van der Waals surface area contributed by atoms with Crippen molar-refractivity contribution in [1.82, 2.24) is 5.32 Å².